The number of nitrogens with zero attached hydrogens (tertiary/aromatic N) is 5. The van der Waals surface area contributed by atoms with Crippen LogP contribution in [0.4, 0.5) is 22.1 Å². The fourth-order valence-electron chi connectivity index (χ4n) is 5.02. The summed E-state index contributed by atoms with van der Waals surface area (Å²) >= 11 is 0. The first-order valence-electron chi connectivity index (χ1n) is 12.7. The third-order valence-corrected chi connectivity index (χ3v) is 7.01. The molecule has 0 spiro atoms. The largest absolute Gasteiger partial charge is 0.444 e. The van der Waals surface area contributed by atoms with Crippen LogP contribution in [-0.4, -0.2) is 64.7 Å². The van der Waals surface area contributed by atoms with Crippen LogP contribution in [0.2, 0.25) is 0 Å². The Bertz CT molecular complexity index is 1120. The predicted molar refractivity (Wildman–Crippen MR) is 141 cm³/mol. The van der Waals surface area contributed by atoms with Crippen LogP contribution in [0.1, 0.15) is 58.8 Å². The van der Waals surface area contributed by atoms with Crippen molar-refractivity contribution in [3.63, 3.8) is 0 Å². The highest BCUT2D eigenvalue weighted by Crippen LogP contribution is 2.43. The van der Waals surface area contributed by atoms with E-state index in [2.05, 4.69) is 46.2 Å². The zero-order chi connectivity index (χ0) is 26.2. The van der Waals surface area contributed by atoms with E-state index in [1.54, 1.807) is 18.0 Å². The van der Waals surface area contributed by atoms with Gasteiger partial charge in [-0.3, -0.25) is 4.79 Å². The molecule has 0 unspecified atom stereocenters. The number of hydrogen-bond donors (Lipinski definition) is 1. The lowest BCUT2D eigenvalue weighted by atomic mass is 9.82. The van der Waals surface area contributed by atoms with E-state index in [-0.39, 0.29) is 30.0 Å². The van der Waals surface area contributed by atoms with E-state index in [4.69, 9.17) is 4.74 Å². The van der Waals surface area contributed by atoms with Gasteiger partial charge in [0.1, 0.15) is 5.60 Å². The number of piperazine rings is 1. The Hall–Kier alpha value is -3.36. The molecule has 36 heavy (non-hydrogen) atoms. The number of anilines is 3. The van der Waals surface area contributed by atoms with Gasteiger partial charge in [-0.05, 0) is 58.9 Å². The van der Waals surface area contributed by atoms with Crippen molar-refractivity contribution in [2.24, 2.45) is 5.92 Å². The summed E-state index contributed by atoms with van der Waals surface area (Å²) in [5, 5.41) is 3.54. The summed E-state index contributed by atoms with van der Waals surface area (Å²) in [6.07, 6.45) is 1.49. The highest BCUT2D eigenvalue weighted by atomic mass is 16.6. The molecule has 1 N–H and O–H groups in total. The molecule has 3 atom stereocenters. The van der Waals surface area contributed by atoms with Gasteiger partial charge in [-0.25, -0.2) is 14.8 Å². The summed E-state index contributed by atoms with van der Waals surface area (Å²) < 4.78 is 5.54. The summed E-state index contributed by atoms with van der Waals surface area (Å²) in [6.45, 7) is 16.1. The number of aryl methyl sites for hydroxylation is 1. The SMILES string of the molecule is CC(=O)N1c2ccc(N3CCN(C(=O)OC(C)(C)C)CC3)cc2[C@H](Nc2nccc(C)n2)[C@@H](C)[C@@H]1C. The summed E-state index contributed by atoms with van der Waals surface area (Å²) in [4.78, 5) is 40.0. The van der Waals surface area contributed by atoms with Crippen molar-refractivity contribution >= 4 is 29.3 Å². The Morgan fingerprint density at radius 1 is 1.08 bits per heavy atom. The molecule has 1 saturated heterocycles. The summed E-state index contributed by atoms with van der Waals surface area (Å²) in [5.74, 6) is 0.738. The van der Waals surface area contributed by atoms with Crippen LogP contribution in [-0.2, 0) is 9.53 Å². The molecule has 1 aromatic heterocycles. The number of amides is 2. The molecule has 1 aromatic carbocycles. The number of carbonyl (C=O) groups is 2. The van der Waals surface area contributed by atoms with Gasteiger partial charge in [0.2, 0.25) is 11.9 Å². The molecular formula is C27H38N6O3. The maximum atomic E-state index is 12.6. The van der Waals surface area contributed by atoms with Crippen LogP contribution in [0.5, 0.6) is 0 Å². The van der Waals surface area contributed by atoms with Gasteiger partial charge in [0.25, 0.3) is 0 Å². The van der Waals surface area contributed by atoms with Crippen LogP contribution < -0.4 is 15.1 Å². The molecule has 2 aliphatic heterocycles. The number of aromatic nitrogens is 2. The van der Waals surface area contributed by atoms with E-state index in [1.807, 2.05) is 44.7 Å². The molecule has 0 saturated carbocycles. The fourth-order valence-corrected chi connectivity index (χ4v) is 5.02. The Labute approximate surface area is 213 Å². The minimum Gasteiger partial charge on any atom is -0.444 e. The number of ether oxygens (including phenoxy) is 1. The Kier molecular flexibility index (Phi) is 7.11. The average molecular weight is 495 g/mol. The normalized spacial score (nSPS) is 22.2. The van der Waals surface area contributed by atoms with E-state index in [0.29, 0.717) is 32.1 Å². The molecule has 0 bridgehead atoms. The highest BCUT2D eigenvalue weighted by Gasteiger charge is 2.39. The van der Waals surface area contributed by atoms with Crippen LogP contribution in [0, 0.1) is 12.8 Å². The van der Waals surface area contributed by atoms with Crippen LogP contribution in [0.3, 0.4) is 0 Å². The lowest BCUT2D eigenvalue weighted by Gasteiger charge is -2.44. The average Bonchev–Trinajstić information content (AvgIpc) is 2.81. The van der Waals surface area contributed by atoms with Crippen LogP contribution in [0.25, 0.3) is 0 Å². The van der Waals surface area contributed by atoms with Crippen molar-refractivity contribution in [2.45, 2.75) is 66.2 Å². The van der Waals surface area contributed by atoms with Gasteiger partial charge in [-0.1, -0.05) is 6.92 Å². The topological polar surface area (TPSA) is 90.9 Å². The van der Waals surface area contributed by atoms with Gasteiger partial charge in [-0.15, -0.1) is 0 Å². The second-order valence-electron chi connectivity index (χ2n) is 10.8. The standard InChI is InChI=1S/C27H38N6O3/c1-17-10-11-28-25(29-17)30-24-18(2)19(3)33(20(4)34)23-9-8-21(16-22(23)24)31-12-14-32(15-13-31)26(35)36-27(5,6)7/h8-11,16,18-19,24H,12-15H2,1-7H3,(H,28,29,30)/t18-,19-,24+/m0/s1. The van der Waals surface area contributed by atoms with Crippen molar-refractivity contribution in [3.8, 4) is 0 Å². The number of hydrogen-bond acceptors (Lipinski definition) is 7. The quantitative estimate of drug-likeness (QED) is 0.677. The second kappa shape index (κ2) is 9.95. The fraction of sp³-hybridized carbons (Fsp3) is 0.556. The summed E-state index contributed by atoms with van der Waals surface area (Å²) in [5.41, 5.74) is 3.42. The van der Waals surface area contributed by atoms with Crippen LogP contribution >= 0.6 is 0 Å². The molecule has 2 aromatic rings. The first-order valence-corrected chi connectivity index (χ1v) is 12.7. The third kappa shape index (κ3) is 5.39. The van der Waals surface area contributed by atoms with E-state index in [9.17, 15) is 9.59 Å². The minimum absolute atomic E-state index is 0.0144. The smallest absolute Gasteiger partial charge is 0.410 e. The van der Waals surface area contributed by atoms with Gasteiger partial charge < -0.3 is 24.8 Å². The van der Waals surface area contributed by atoms with Crippen LogP contribution in [0.15, 0.2) is 30.5 Å². The predicted octanol–water partition coefficient (Wildman–Crippen LogP) is 4.39. The molecule has 2 amide bonds. The molecule has 4 rings (SSSR count). The van der Waals surface area contributed by atoms with E-state index < -0.39 is 5.60 Å². The maximum Gasteiger partial charge on any atom is 0.410 e. The van der Waals surface area contributed by atoms with Crippen molar-refractivity contribution in [1.82, 2.24) is 14.9 Å². The Morgan fingerprint density at radius 2 is 1.78 bits per heavy atom. The molecule has 2 aliphatic rings. The maximum absolute atomic E-state index is 12.6. The lowest BCUT2D eigenvalue weighted by molar-refractivity contribution is -0.117. The first-order chi connectivity index (χ1) is 16.9. The number of fused-ring (bicyclic) bond motifs is 1. The lowest BCUT2D eigenvalue weighted by Crippen LogP contribution is -2.50. The number of benzene rings is 1. The number of carbonyl (C=O) groups excluding carboxylic acids is 2. The molecular weight excluding hydrogens is 456 g/mol. The van der Waals surface area contributed by atoms with Crippen molar-refractivity contribution in [2.75, 3.05) is 41.3 Å². The molecule has 0 radical (unpaired) electrons. The first kappa shape index (κ1) is 25.7. The molecule has 194 valence electrons. The van der Waals surface area contributed by atoms with Gasteiger partial charge in [-0.2, -0.15) is 0 Å². The van der Waals surface area contributed by atoms with Gasteiger partial charge in [0.15, 0.2) is 0 Å². The number of nitrogens with one attached hydrogen (secondary N) is 1. The van der Waals surface area contributed by atoms with Crippen molar-refractivity contribution in [3.05, 3.63) is 41.7 Å². The minimum atomic E-state index is -0.508. The third-order valence-electron chi connectivity index (χ3n) is 7.01. The second-order valence-corrected chi connectivity index (χ2v) is 10.8. The Balaban J connectivity index is 1.60. The highest BCUT2D eigenvalue weighted by molar-refractivity contribution is 5.94. The zero-order valence-electron chi connectivity index (χ0n) is 22.4. The van der Waals surface area contributed by atoms with Gasteiger partial charge in [0, 0.05) is 73.9 Å². The summed E-state index contributed by atoms with van der Waals surface area (Å²) in [7, 11) is 0. The molecule has 9 nitrogen and oxygen atoms in total. The van der Waals surface area contributed by atoms with E-state index in [1.165, 1.54) is 0 Å². The van der Waals surface area contributed by atoms with E-state index >= 15 is 0 Å². The van der Waals surface area contributed by atoms with Crippen molar-refractivity contribution < 1.29 is 14.3 Å². The van der Waals surface area contributed by atoms with Gasteiger partial charge in [0.05, 0.1) is 6.04 Å². The molecule has 1 fully saturated rings. The Morgan fingerprint density at radius 3 is 2.39 bits per heavy atom. The molecule has 3 heterocycles. The monoisotopic (exact) mass is 494 g/mol. The van der Waals surface area contributed by atoms with Gasteiger partial charge >= 0.3 is 6.09 Å². The molecule has 0 aliphatic carbocycles. The molecule has 9 heteroatoms. The number of rotatable bonds is 3. The zero-order valence-corrected chi connectivity index (χ0v) is 22.4. The summed E-state index contributed by atoms with van der Waals surface area (Å²) in [6, 6.07) is 8.11. The van der Waals surface area contributed by atoms with E-state index in [0.717, 1.165) is 22.6 Å². The van der Waals surface area contributed by atoms with Crippen molar-refractivity contribution in [1.29, 1.82) is 0 Å².